The Morgan fingerprint density at radius 3 is 2.75 bits per heavy atom. The molecule has 0 amide bonds. The minimum atomic E-state index is -1.12. The number of aromatic hydroxyl groups is 1. The fraction of sp³-hybridized carbons (Fsp3) is 0.300. The van der Waals surface area contributed by atoms with Crippen LogP contribution in [0, 0.1) is 0 Å². The van der Waals surface area contributed by atoms with Crippen molar-refractivity contribution in [2.45, 2.75) is 12.5 Å². The quantitative estimate of drug-likeness (QED) is 0.736. The summed E-state index contributed by atoms with van der Waals surface area (Å²) in [7, 11) is 1.40. The second kappa shape index (κ2) is 5.05. The van der Waals surface area contributed by atoms with Crippen molar-refractivity contribution in [1.82, 2.24) is 0 Å². The van der Waals surface area contributed by atoms with Crippen LogP contribution in [0.1, 0.15) is 5.56 Å². The van der Waals surface area contributed by atoms with Crippen LogP contribution < -0.4 is 10.5 Å². The molecule has 16 heavy (non-hydrogen) atoms. The monoisotopic (exact) mass is 245 g/mol. The number of carboxylic acids is 1. The Kier molecular flexibility index (Phi) is 3.98. The summed E-state index contributed by atoms with van der Waals surface area (Å²) in [6, 6.07) is 1.72. The fourth-order valence-electron chi connectivity index (χ4n) is 1.23. The van der Waals surface area contributed by atoms with Gasteiger partial charge in [-0.05, 0) is 18.1 Å². The Balaban J connectivity index is 2.98. The fourth-order valence-corrected chi connectivity index (χ4v) is 1.46. The van der Waals surface area contributed by atoms with Gasteiger partial charge >= 0.3 is 5.97 Å². The van der Waals surface area contributed by atoms with Gasteiger partial charge in [0.1, 0.15) is 6.04 Å². The highest BCUT2D eigenvalue weighted by atomic mass is 35.5. The van der Waals surface area contributed by atoms with Gasteiger partial charge in [0.15, 0.2) is 11.5 Å². The molecule has 0 spiro atoms. The van der Waals surface area contributed by atoms with Crippen LogP contribution >= 0.6 is 11.6 Å². The van der Waals surface area contributed by atoms with Crippen LogP contribution in [0.15, 0.2) is 12.1 Å². The number of phenolic OH excluding ortho intramolecular Hbond substituents is 1. The maximum absolute atomic E-state index is 10.6. The molecule has 1 aromatic rings. The van der Waals surface area contributed by atoms with Crippen LogP contribution in [0.4, 0.5) is 0 Å². The van der Waals surface area contributed by atoms with Gasteiger partial charge in [-0.2, -0.15) is 0 Å². The molecule has 0 aromatic heterocycles. The lowest BCUT2D eigenvalue weighted by Crippen LogP contribution is -2.32. The second-order valence-electron chi connectivity index (χ2n) is 3.26. The highest BCUT2D eigenvalue weighted by molar-refractivity contribution is 6.31. The van der Waals surface area contributed by atoms with E-state index in [9.17, 15) is 9.90 Å². The van der Waals surface area contributed by atoms with E-state index < -0.39 is 12.0 Å². The topological polar surface area (TPSA) is 92.8 Å². The molecule has 4 N–H and O–H groups in total. The number of carboxylic acid groups (broad SMARTS) is 1. The van der Waals surface area contributed by atoms with Crippen LogP contribution in [0.3, 0.4) is 0 Å². The number of methoxy groups -OCH3 is 1. The molecular weight excluding hydrogens is 234 g/mol. The molecule has 0 aliphatic rings. The lowest BCUT2D eigenvalue weighted by atomic mass is 10.1. The Labute approximate surface area is 97.4 Å². The standard InChI is InChI=1S/C10H12ClNO4/c1-16-9-4-6(11)5(3-8(9)13)2-7(12)10(14)15/h3-4,7,13H,2,12H2,1H3,(H,14,15). The molecule has 1 atom stereocenters. The number of rotatable bonds is 4. The zero-order chi connectivity index (χ0) is 12.3. The Morgan fingerprint density at radius 1 is 1.62 bits per heavy atom. The largest absolute Gasteiger partial charge is 0.504 e. The zero-order valence-electron chi connectivity index (χ0n) is 8.61. The third-order valence-electron chi connectivity index (χ3n) is 2.10. The molecule has 88 valence electrons. The van der Waals surface area contributed by atoms with Crippen LogP contribution in [-0.4, -0.2) is 29.3 Å². The molecule has 5 nitrogen and oxygen atoms in total. The number of aliphatic carboxylic acids is 1. The maximum Gasteiger partial charge on any atom is 0.320 e. The number of carbonyl (C=O) groups is 1. The maximum atomic E-state index is 10.6. The van der Waals surface area contributed by atoms with E-state index in [4.69, 9.17) is 27.2 Å². The molecular formula is C10H12ClNO4. The molecule has 0 heterocycles. The van der Waals surface area contributed by atoms with Crippen molar-refractivity contribution in [3.63, 3.8) is 0 Å². The first kappa shape index (κ1) is 12.6. The average Bonchev–Trinajstić information content (AvgIpc) is 2.22. The zero-order valence-corrected chi connectivity index (χ0v) is 9.36. The summed E-state index contributed by atoms with van der Waals surface area (Å²) < 4.78 is 4.85. The lowest BCUT2D eigenvalue weighted by molar-refractivity contribution is -0.138. The van der Waals surface area contributed by atoms with E-state index in [1.54, 1.807) is 0 Å². The molecule has 0 saturated carbocycles. The highest BCUT2D eigenvalue weighted by Gasteiger charge is 2.16. The number of ether oxygens (including phenoxy) is 1. The number of benzene rings is 1. The Bertz CT molecular complexity index is 408. The van der Waals surface area contributed by atoms with E-state index >= 15 is 0 Å². The molecule has 0 aliphatic carbocycles. The van der Waals surface area contributed by atoms with Gasteiger partial charge in [-0.15, -0.1) is 0 Å². The molecule has 0 saturated heterocycles. The SMILES string of the molecule is COc1cc(Cl)c(CC(N)C(=O)O)cc1O. The highest BCUT2D eigenvalue weighted by Crippen LogP contribution is 2.32. The van der Waals surface area contributed by atoms with Gasteiger partial charge in [0.25, 0.3) is 0 Å². The van der Waals surface area contributed by atoms with E-state index in [1.165, 1.54) is 19.2 Å². The molecule has 1 aromatic carbocycles. The third kappa shape index (κ3) is 2.77. The van der Waals surface area contributed by atoms with Crippen LogP contribution in [0.25, 0.3) is 0 Å². The molecule has 1 unspecified atom stereocenters. The number of hydrogen-bond donors (Lipinski definition) is 3. The number of phenols is 1. The van der Waals surface area contributed by atoms with E-state index in [-0.39, 0.29) is 17.9 Å². The van der Waals surface area contributed by atoms with Crippen molar-refractivity contribution in [3.8, 4) is 11.5 Å². The van der Waals surface area contributed by atoms with E-state index in [1.807, 2.05) is 0 Å². The van der Waals surface area contributed by atoms with Gasteiger partial charge in [-0.3, -0.25) is 4.79 Å². The predicted octanol–water partition coefficient (Wildman–Crippen LogP) is 1.01. The summed E-state index contributed by atoms with van der Waals surface area (Å²) in [5.74, 6) is -0.983. The molecule has 0 aliphatic heterocycles. The van der Waals surface area contributed by atoms with Crippen molar-refractivity contribution in [3.05, 3.63) is 22.7 Å². The molecule has 1 rings (SSSR count). The van der Waals surface area contributed by atoms with E-state index in [0.717, 1.165) is 0 Å². The van der Waals surface area contributed by atoms with Crippen LogP contribution in [-0.2, 0) is 11.2 Å². The van der Waals surface area contributed by atoms with Crippen LogP contribution in [0.5, 0.6) is 11.5 Å². The average molecular weight is 246 g/mol. The molecule has 6 heteroatoms. The normalized spacial score (nSPS) is 12.2. The molecule has 0 radical (unpaired) electrons. The van der Waals surface area contributed by atoms with Gasteiger partial charge in [-0.25, -0.2) is 0 Å². The Morgan fingerprint density at radius 2 is 2.25 bits per heavy atom. The summed E-state index contributed by atoms with van der Waals surface area (Å²) in [6.07, 6.45) is 0.0473. The van der Waals surface area contributed by atoms with Gasteiger partial charge in [0.05, 0.1) is 7.11 Å². The summed E-state index contributed by atoms with van der Waals surface area (Å²) in [6.45, 7) is 0. The first-order valence-electron chi connectivity index (χ1n) is 4.49. The van der Waals surface area contributed by atoms with Crippen LogP contribution in [0.2, 0.25) is 5.02 Å². The third-order valence-corrected chi connectivity index (χ3v) is 2.46. The van der Waals surface area contributed by atoms with Crippen molar-refractivity contribution < 1.29 is 19.7 Å². The predicted molar refractivity (Wildman–Crippen MR) is 59.0 cm³/mol. The minimum absolute atomic E-state index is 0.0473. The van der Waals surface area contributed by atoms with E-state index in [2.05, 4.69) is 0 Å². The van der Waals surface area contributed by atoms with Gasteiger partial charge in [0.2, 0.25) is 0 Å². The second-order valence-corrected chi connectivity index (χ2v) is 3.67. The summed E-state index contributed by atoms with van der Waals surface area (Å²) in [5.41, 5.74) is 5.83. The molecule has 0 fully saturated rings. The van der Waals surface area contributed by atoms with Crippen molar-refractivity contribution in [2.75, 3.05) is 7.11 Å². The van der Waals surface area contributed by atoms with Gasteiger partial charge in [-0.1, -0.05) is 11.6 Å². The summed E-state index contributed by atoms with van der Waals surface area (Å²) in [5, 5.41) is 18.5. The number of hydrogen-bond acceptors (Lipinski definition) is 4. The molecule has 0 bridgehead atoms. The van der Waals surface area contributed by atoms with Crippen molar-refractivity contribution in [2.24, 2.45) is 5.73 Å². The van der Waals surface area contributed by atoms with Crippen molar-refractivity contribution >= 4 is 17.6 Å². The first-order valence-corrected chi connectivity index (χ1v) is 4.87. The number of nitrogens with two attached hydrogens (primary N) is 1. The van der Waals surface area contributed by atoms with Crippen molar-refractivity contribution in [1.29, 1.82) is 0 Å². The Hall–Kier alpha value is -1.46. The van der Waals surface area contributed by atoms with E-state index in [0.29, 0.717) is 10.6 Å². The van der Waals surface area contributed by atoms with Gasteiger partial charge < -0.3 is 20.7 Å². The minimum Gasteiger partial charge on any atom is -0.504 e. The van der Waals surface area contributed by atoms with Gasteiger partial charge in [0, 0.05) is 11.1 Å². The summed E-state index contributed by atoms with van der Waals surface area (Å²) in [4.78, 5) is 10.6. The first-order chi connectivity index (χ1) is 7.45. The number of halogens is 1. The lowest BCUT2D eigenvalue weighted by Gasteiger charge is -2.11. The summed E-state index contributed by atoms with van der Waals surface area (Å²) >= 11 is 5.89. The smallest absolute Gasteiger partial charge is 0.320 e.